The van der Waals surface area contributed by atoms with Gasteiger partial charge in [0.05, 0.1) is 12.2 Å². The molecule has 0 amide bonds. The number of allylic oxidation sites excluding steroid dienone is 2. The molecule has 0 unspecified atom stereocenters. The Hall–Kier alpha value is -2.39. The van der Waals surface area contributed by atoms with Crippen LogP contribution >= 0.6 is 11.6 Å². The topological polar surface area (TPSA) is 26.3 Å². The molecule has 0 fully saturated rings. The second-order valence-corrected chi connectivity index (χ2v) is 5.15. The number of carbonyl (C=O) groups excluding carboxylic acids is 1. The summed E-state index contributed by atoms with van der Waals surface area (Å²) in [4.78, 5) is 12.1. The predicted molar refractivity (Wildman–Crippen MR) is 91.5 cm³/mol. The molecule has 2 aromatic carbocycles. The van der Waals surface area contributed by atoms with Crippen molar-refractivity contribution in [1.29, 1.82) is 0 Å². The van der Waals surface area contributed by atoms with Gasteiger partial charge >= 0.3 is 5.97 Å². The van der Waals surface area contributed by atoms with Crippen molar-refractivity contribution in [3.05, 3.63) is 82.6 Å². The molecule has 2 aromatic rings. The molecule has 0 aliphatic heterocycles. The Kier molecular flexibility index (Phi) is 6.12. The fraction of sp³-hybridized carbons (Fsp3) is 0.105. The highest BCUT2D eigenvalue weighted by atomic mass is 35.5. The molecule has 23 heavy (non-hydrogen) atoms. The Bertz CT molecular complexity index is 716. The lowest BCUT2D eigenvalue weighted by molar-refractivity contribution is -0.136. The Morgan fingerprint density at radius 1 is 1.13 bits per heavy atom. The molecule has 0 saturated heterocycles. The van der Waals surface area contributed by atoms with Gasteiger partial charge in [-0.25, -0.2) is 9.18 Å². The molecule has 118 valence electrons. The molecular weight excluding hydrogens is 315 g/mol. The molecule has 0 radical (unpaired) electrons. The van der Waals surface area contributed by atoms with Gasteiger partial charge < -0.3 is 4.74 Å². The van der Waals surface area contributed by atoms with Crippen LogP contribution in [0.5, 0.6) is 0 Å². The van der Waals surface area contributed by atoms with E-state index in [0.717, 1.165) is 5.56 Å². The summed E-state index contributed by atoms with van der Waals surface area (Å²) in [5, 5.41) is 0.663. The molecule has 0 spiro atoms. The van der Waals surface area contributed by atoms with Gasteiger partial charge in [-0.15, -0.1) is 0 Å². The van der Waals surface area contributed by atoms with E-state index in [0.29, 0.717) is 16.2 Å². The summed E-state index contributed by atoms with van der Waals surface area (Å²) in [5.41, 5.74) is 1.93. The van der Waals surface area contributed by atoms with Crippen LogP contribution in [0.3, 0.4) is 0 Å². The smallest absolute Gasteiger partial charge is 0.338 e. The monoisotopic (exact) mass is 330 g/mol. The van der Waals surface area contributed by atoms with Crippen LogP contribution < -0.4 is 0 Å². The average molecular weight is 331 g/mol. The standard InChI is InChI=1S/C19H16ClFO2/c1-2-23-19(22)18(15-8-12-17(21)13-9-15)5-3-4-14-6-10-16(20)11-7-14/h3-13H,2H2,1H3/b4-3+,18-5-. The maximum Gasteiger partial charge on any atom is 0.338 e. The molecule has 0 aromatic heterocycles. The maximum atomic E-state index is 13.0. The van der Waals surface area contributed by atoms with E-state index in [-0.39, 0.29) is 12.4 Å². The first-order chi connectivity index (χ1) is 11.1. The van der Waals surface area contributed by atoms with Crippen LogP contribution in [-0.2, 0) is 9.53 Å². The van der Waals surface area contributed by atoms with Crippen molar-refractivity contribution in [2.45, 2.75) is 6.92 Å². The van der Waals surface area contributed by atoms with Crippen LogP contribution in [0.1, 0.15) is 18.1 Å². The first-order valence-electron chi connectivity index (χ1n) is 7.17. The first kappa shape index (κ1) is 17.0. The summed E-state index contributed by atoms with van der Waals surface area (Å²) >= 11 is 5.84. The maximum absolute atomic E-state index is 13.0. The molecule has 0 aliphatic carbocycles. The second kappa shape index (κ2) is 8.30. The van der Waals surface area contributed by atoms with Crippen LogP contribution in [0.4, 0.5) is 4.39 Å². The average Bonchev–Trinajstić information content (AvgIpc) is 2.55. The van der Waals surface area contributed by atoms with Crippen LogP contribution in [-0.4, -0.2) is 12.6 Å². The van der Waals surface area contributed by atoms with Crippen LogP contribution in [0.2, 0.25) is 5.02 Å². The van der Waals surface area contributed by atoms with Crippen molar-refractivity contribution < 1.29 is 13.9 Å². The minimum absolute atomic E-state index is 0.276. The highest BCUT2D eigenvalue weighted by molar-refractivity contribution is 6.30. The fourth-order valence-electron chi connectivity index (χ4n) is 1.95. The Balaban J connectivity index is 2.27. The molecule has 0 bridgehead atoms. The zero-order valence-electron chi connectivity index (χ0n) is 12.6. The van der Waals surface area contributed by atoms with Crippen LogP contribution in [0, 0.1) is 5.82 Å². The Morgan fingerprint density at radius 2 is 1.78 bits per heavy atom. The number of halogens is 2. The number of esters is 1. The molecule has 0 heterocycles. The number of hydrogen-bond acceptors (Lipinski definition) is 2. The quantitative estimate of drug-likeness (QED) is 0.431. The summed E-state index contributed by atoms with van der Waals surface area (Å²) in [7, 11) is 0. The van der Waals surface area contributed by atoms with E-state index in [2.05, 4.69) is 0 Å². The van der Waals surface area contributed by atoms with Gasteiger partial charge in [-0.2, -0.15) is 0 Å². The summed E-state index contributed by atoms with van der Waals surface area (Å²) in [6.45, 7) is 2.02. The largest absolute Gasteiger partial charge is 0.462 e. The highest BCUT2D eigenvalue weighted by Gasteiger charge is 2.12. The summed E-state index contributed by atoms with van der Waals surface area (Å²) in [5.74, 6) is -0.798. The zero-order chi connectivity index (χ0) is 16.7. The van der Waals surface area contributed by atoms with Gasteiger partial charge in [0, 0.05) is 5.02 Å². The van der Waals surface area contributed by atoms with Crippen molar-refractivity contribution in [2.24, 2.45) is 0 Å². The van der Waals surface area contributed by atoms with Gasteiger partial charge in [0.15, 0.2) is 0 Å². The van der Waals surface area contributed by atoms with Crippen LogP contribution in [0.15, 0.2) is 60.7 Å². The van der Waals surface area contributed by atoms with Crippen molar-refractivity contribution in [2.75, 3.05) is 6.61 Å². The number of carbonyl (C=O) groups is 1. The van der Waals surface area contributed by atoms with Gasteiger partial charge in [-0.1, -0.05) is 48.0 Å². The SMILES string of the molecule is CCOC(=O)/C(=C\C=C\c1ccc(Cl)cc1)c1ccc(F)cc1. The van der Waals surface area contributed by atoms with Gasteiger partial charge in [-0.3, -0.25) is 0 Å². The number of rotatable bonds is 5. The zero-order valence-corrected chi connectivity index (χ0v) is 13.4. The van der Waals surface area contributed by atoms with Crippen LogP contribution in [0.25, 0.3) is 11.6 Å². The van der Waals surface area contributed by atoms with E-state index < -0.39 is 5.97 Å². The molecule has 0 saturated carbocycles. The van der Waals surface area contributed by atoms with Crippen molar-refractivity contribution in [1.82, 2.24) is 0 Å². The van der Waals surface area contributed by atoms with E-state index >= 15 is 0 Å². The van der Waals surface area contributed by atoms with Gasteiger partial charge in [0.2, 0.25) is 0 Å². The first-order valence-corrected chi connectivity index (χ1v) is 7.55. The Labute approximate surface area is 139 Å². The minimum atomic E-state index is -0.445. The molecule has 2 nitrogen and oxygen atoms in total. The third-order valence-electron chi connectivity index (χ3n) is 3.07. The lowest BCUT2D eigenvalue weighted by atomic mass is 10.1. The summed E-state index contributed by atoms with van der Waals surface area (Å²) in [6.07, 6.45) is 5.25. The van der Waals surface area contributed by atoms with Crippen molar-refractivity contribution >= 4 is 29.2 Å². The Morgan fingerprint density at radius 3 is 2.39 bits per heavy atom. The van der Waals surface area contributed by atoms with Crippen molar-refractivity contribution in [3.63, 3.8) is 0 Å². The van der Waals surface area contributed by atoms with E-state index in [1.165, 1.54) is 12.1 Å². The summed E-state index contributed by atoms with van der Waals surface area (Å²) in [6, 6.07) is 13.0. The molecule has 0 atom stereocenters. The van der Waals surface area contributed by atoms with Gasteiger partial charge in [-0.05, 0) is 48.4 Å². The lowest BCUT2D eigenvalue weighted by Gasteiger charge is -2.06. The minimum Gasteiger partial charge on any atom is -0.462 e. The number of benzene rings is 2. The molecule has 2 rings (SSSR count). The number of hydrogen-bond donors (Lipinski definition) is 0. The normalized spacial score (nSPS) is 11.7. The molecule has 4 heteroatoms. The third kappa shape index (κ3) is 5.08. The number of ether oxygens (including phenoxy) is 1. The molecule has 0 N–H and O–H groups in total. The van der Waals surface area contributed by atoms with Gasteiger partial charge in [0.1, 0.15) is 5.82 Å². The molecule has 0 aliphatic rings. The third-order valence-corrected chi connectivity index (χ3v) is 3.32. The van der Waals surface area contributed by atoms with Crippen molar-refractivity contribution in [3.8, 4) is 0 Å². The highest BCUT2D eigenvalue weighted by Crippen LogP contribution is 2.18. The lowest BCUT2D eigenvalue weighted by Crippen LogP contribution is -2.06. The fourth-order valence-corrected chi connectivity index (χ4v) is 2.08. The predicted octanol–water partition coefficient (Wildman–Crippen LogP) is 5.14. The summed E-state index contributed by atoms with van der Waals surface area (Å²) < 4.78 is 18.1. The van der Waals surface area contributed by atoms with Gasteiger partial charge in [0.25, 0.3) is 0 Å². The van der Waals surface area contributed by atoms with E-state index in [1.807, 2.05) is 18.2 Å². The van der Waals surface area contributed by atoms with E-state index in [4.69, 9.17) is 16.3 Å². The second-order valence-electron chi connectivity index (χ2n) is 4.72. The van der Waals surface area contributed by atoms with E-state index in [1.54, 1.807) is 43.3 Å². The van der Waals surface area contributed by atoms with E-state index in [9.17, 15) is 9.18 Å². The molecular formula is C19H16ClFO2.